The van der Waals surface area contributed by atoms with E-state index in [0.29, 0.717) is 11.3 Å². The molecule has 1 unspecified atom stereocenters. The maximum atomic E-state index is 13.2. The number of para-hydroxylation sites is 2. The minimum Gasteiger partial charge on any atom is -0.364 e. The Balaban J connectivity index is 1.67. The summed E-state index contributed by atoms with van der Waals surface area (Å²) in [6.45, 7) is 0.902. The van der Waals surface area contributed by atoms with Crippen molar-refractivity contribution in [3.8, 4) is 0 Å². The van der Waals surface area contributed by atoms with Crippen molar-refractivity contribution in [2.75, 3.05) is 16.3 Å². The summed E-state index contributed by atoms with van der Waals surface area (Å²) in [5.41, 5.74) is 2.37. The van der Waals surface area contributed by atoms with Gasteiger partial charge in [-0.1, -0.05) is 55.7 Å². The van der Waals surface area contributed by atoms with E-state index in [-0.39, 0.29) is 17.9 Å². The predicted octanol–water partition coefficient (Wildman–Crippen LogP) is 4.33. The van der Waals surface area contributed by atoms with Crippen LogP contribution in [0.2, 0.25) is 0 Å². The maximum Gasteiger partial charge on any atom is 0.263 e. The lowest BCUT2D eigenvalue weighted by atomic mass is 9.95. The van der Waals surface area contributed by atoms with E-state index in [9.17, 15) is 9.59 Å². The van der Waals surface area contributed by atoms with E-state index in [1.165, 1.54) is 17.7 Å². The topological polar surface area (TPSA) is 40.6 Å². The van der Waals surface area contributed by atoms with Gasteiger partial charge in [-0.15, -0.1) is 0 Å². The van der Waals surface area contributed by atoms with Gasteiger partial charge in [-0.3, -0.25) is 9.59 Å². The first-order valence-corrected chi connectivity index (χ1v) is 9.72. The van der Waals surface area contributed by atoms with E-state index in [0.717, 1.165) is 31.5 Å². The van der Waals surface area contributed by atoms with Gasteiger partial charge < -0.3 is 4.90 Å². The second-order valence-electron chi connectivity index (χ2n) is 7.16. The zero-order chi connectivity index (χ0) is 18.6. The number of carbonyl (C=O) groups is 2. The lowest BCUT2D eigenvalue weighted by Gasteiger charge is -2.36. The molecule has 0 bridgehead atoms. The van der Waals surface area contributed by atoms with Crippen molar-refractivity contribution in [2.45, 2.75) is 38.1 Å². The average Bonchev–Trinajstić information content (AvgIpc) is 2.97. The van der Waals surface area contributed by atoms with E-state index < -0.39 is 0 Å². The normalized spacial score (nSPS) is 21.0. The minimum absolute atomic E-state index is 0.0575. The second-order valence-corrected chi connectivity index (χ2v) is 7.16. The van der Waals surface area contributed by atoms with Gasteiger partial charge in [0.25, 0.3) is 11.8 Å². The van der Waals surface area contributed by atoms with Gasteiger partial charge in [0, 0.05) is 23.9 Å². The van der Waals surface area contributed by atoms with Gasteiger partial charge in [-0.25, -0.2) is 4.90 Å². The Morgan fingerprint density at radius 3 is 2.07 bits per heavy atom. The summed E-state index contributed by atoms with van der Waals surface area (Å²) in [5.74, 6) is -0.422. The Morgan fingerprint density at radius 2 is 1.37 bits per heavy atom. The standard InChI is InChI=1S/C23H24N2O2/c26-22-17-20(23(27)25(22)19-13-7-4-8-14-19)21-15-9-1-2-10-16-24(21)18-11-5-3-6-12-18/h3-8,11-14,17,21H,1-2,9-10,15-16H2. The summed E-state index contributed by atoms with van der Waals surface area (Å²) in [5, 5.41) is 0. The number of hydrogen-bond donors (Lipinski definition) is 0. The van der Waals surface area contributed by atoms with Gasteiger partial charge in [-0.2, -0.15) is 0 Å². The van der Waals surface area contributed by atoms with E-state index in [1.807, 2.05) is 36.4 Å². The van der Waals surface area contributed by atoms with Crippen molar-refractivity contribution < 1.29 is 9.59 Å². The third-order valence-electron chi connectivity index (χ3n) is 5.41. The highest BCUT2D eigenvalue weighted by molar-refractivity contribution is 6.31. The molecule has 0 N–H and O–H groups in total. The van der Waals surface area contributed by atoms with Crippen LogP contribution in [0, 0.1) is 0 Å². The first-order valence-electron chi connectivity index (χ1n) is 9.72. The second kappa shape index (κ2) is 7.78. The van der Waals surface area contributed by atoms with Crippen molar-refractivity contribution >= 4 is 23.2 Å². The molecule has 27 heavy (non-hydrogen) atoms. The van der Waals surface area contributed by atoms with Crippen molar-refractivity contribution in [3.05, 3.63) is 72.3 Å². The Kier molecular flexibility index (Phi) is 5.05. The van der Waals surface area contributed by atoms with Crippen LogP contribution >= 0.6 is 0 Å². The number of nitrogens with zero attached hydrogens (tertiary/aromatic N) is 2. The fourth-order valence-electron chi connectivity index (χ4n) is 4.09. The van der Waals surface area contributed by atoms with Gasteiger partial charge in [0.1, 0.15) is 0 Å². The highest BCUT2D eigenvalue weighted by Crippen LogP contribution is 2.32. The molecule has 0 aromatic heterocycles. The summed E-state index contributed by atoms with van der Waals surface area (Å²) in [6, 6.07) is 19.4. The van der Waals surface area contributed by atoms with Gasteiger partial charge >= 0.3 is 0 Å². The number of anilines is 2. The minimum atomic E-state index is -0.240. The molecule has 138 valence electrons. The largest absolute Gasteiger partial charge is 0.364 e. The number of amides is 2. The predicted molar refractivity (Wildman–Crippen MR) is 108 cm³/mol. The Labute approximate surface area is 160 Å². The third kappa shape index (κ3) is 3.52. The zero-order valence-electron chi connectivity index (χ0n) is 15.4. The number of rotatable bonds is 3. The first-order chi connectivity index (χ1) is 13.3. The molecule has 1 fully saturated rings. The molecule has 2 aromatic rings. The molecular weight excluding hydrogens is 336 g/mol. The molecule has 4 heteroatoms. The fourth-order valence-corrected chi connectivity index (χ4v) is 4.09. The van der Waals surface area contributed by atoms with Crippen LogP contribution in [-0.2, 0) is 9.59 Å². The van der Waals surface area contributed by atoms with Crippen molar-refractivity contribution in [1.29, 1.82) is 0 Å². The quantitative estimate of drug-likeness (QED) is 0.765. The SMILES string of the molecule is O=C1C=C(C2CCCCCCN2c2ccccc2)C(=O)N1c1ccccc1. The van der Waals surface area contributed by atoms with Crippen LogP contribution in [0.15, 0.2) is 72.3 Å². The van der Waals surface area contributed by atoms with Crippen LogP contribution in [0.25, 0.3) is 0 Å². The van der Waals surface area contributed by atoms with Gasteiger partial charge in [0.15, 0.2) is 0 Å². The summed E-state index contributed by atoms with van der Waals surface area (Å²) in [6.07, 6.45) is 7.00. The fraction of sp³-hybridized carbons (Fsp3) is 0.304. The monoisotopic (exact) mass is 360 g/mol. The highest BCUT2D eigenvalue weighted by atomic mass is 16.2. The van der Waals surface area contributed by atoms with Crippen LogP contribution in [0.3, 0.4) is 0 Å². The lowest BCUT2D eigenvalue weighted by molar-refractivity contribution is -0.120. The summed E-state index contributed by atoms with van der Waals surface area (Å²) in [4.78, 5) is 29.5. The van der Waals surface area contributed by atoms with Gasteiger partial charge in [-0.05, 0) is 37.1 Å². The van der Waals surface area contributed by atoms with Crippen molar-refractivity contribution in [1.82, 2.24) is 0 Å². The molecule has 1 atom stereocenters. The molecule has 2 amide bonds. The summed E-state index contributed by atoms with van der Waals surface area (Å²) >= 11 is 0. The molecule has 0 saturated carbocycles. The number of imide groups is 1. The molecule has 2 aliphatic heterocycles. The molecule has 2 heterocycles. The molecule has 0 spiro atoms. The molecule has 1 saturated heterocycles. The summed E-state index contributed by atoms with van der Waals surface area (Å²) in [7, 11) is 0. The number of hydrogen-bond acceptors (Lipinski definition) is 3. The zero-order valence-corrected chi connectivity index (χ0v) is 15.4. The van der Waals surface area contributed by atoms with Gasteiger partial charge in [0.05, 0.1) is 11.7 Å². The molecule has 4 nitrogen and oxygen atoms in total. The van der Waals surface area contributed by atoms with E-state index in [4.69, 9.17) is 0 Å². The van der Waals surface area contributed by atoms with Crippen molar-refractivity contribution in [2.24, 2.45) is 0 Å². The number of benzene rings is 2. The molecular formula is C23H24N2O2. The molecule has 2 aromatic carbocycles. The Morgan fingerprint density at radius 1 is 0.741 bits per heavy atom. The van der Waals surface area contributed by atoms with Crippen LogP contribution in [0.1, 0.15) is 32.1 Å². The molecule has 2 aliphatic rings. The highest BCUT2D eigenvalue weighted by Gasteiger charge is 2.38. The third-order valence-corrected chi connectivity index (χ3v) is 5.41. The smallest absolute Gasteiger partial charge is 0.263 e. The number of carbonyl (C=O) groups excluding carboxylic acids is 2. The molecule has 4 rings (SSSR count). The lowest BCUT2D eigenvalue weighted by Crippen LogP contribution is -2.42. The van der Waals surface area contributed by atoms with Crippen LogP contribution < -0.4 is 9.80 Å². The van der Waals surface area contributed by atoms with E-state index >= 15 is 0 Å². The Hall–Kier alpha value is -2.88. The van der Waals surface area contributed by atoms with Crippen molar-refractivity contribution in [3.63, 3.8) is 0 Å². The first kappa shape index (κ1) is 17.5. The molecule has 0 radical (unpaired) electrons. The van der Waals surface area contributed by atoms with E-state index in [2.05, 4.69) is 17.0 Å². The van der Waals surface area contributed by atoms with Crippen LogP contribution in [0.4, 0.5) is 11.4 Å². The Bertz CT molecular complexity index is 845. The van der Waals surface area contributed by atoms with Crippen LogP contribution in [0.5, 0.6) is 0 Å². The van der Waals surface area contributed by atoms with Crippen LogP contribution in [-0.4, -0.2) is 24.4 Å². The van der Waals surface area contributed by atoms with E-state index in [1.54, 1.807) is 18.2 Å². The summed E-state index contributed by atoms with van der Waals surface area (Å²) < 4.78 is 0. The average molecular weight is 360 g/mol. The maximum absolute atomic E-state index is 13.2. The van der Waals surface area contributed by atoms with Gasteiger partial charge in [0.2, 0.25) is 0 Å². The molecule has 0 aliphatic carbocycles.